The minimum Gasteiger partial charge on any atom is -0.487 e. The second kappa shape index (κ2) is 8.39. The van der Waals surface area contributed by atoms with Gasteiger partial charge in [0.1, 0.15) is 13.2 Å². The molecular formula is C18H30O4. The molecule has 0 bridgehead atoms. The van der Waals surface area contributed by atoms with Crippen LogP contribution in [0.3, 0.4) is 0 Å². The largest absolute Gasteiger partial charge is 0.487 e. The molecule has 0 fully saturated rings. The van der Waals surface area contributed by atoms with Gasteiger partial charge in [-0.05, 0) is 37.8 Å². The normalized spacial score (nSPS) is 12.3. The molecule has 0 aromatic heterocycles. The molecule has 0 aliphatic carbocycles. The van der Waals surface area contributed by atoms with Crippen molar-refractivity contribution in [1.82, 2.24) is 0 Å². The Morgan fingerprint density at radius 3 is 1.32 bits per heavy atom. The maximum Gasteiger partial charge on any atom is 0.161 e. The Labute approximate surface area is 134 Å². The summed E-state index contributed by atoms with van der Waals surface area (Å²) in [7, 11) is 0. The van der Waals surface area contributed by atoms with Gasteiger partial charge in [-0.2, -0.15) is 0 Å². The molecule has 1 aromatic rings. The lowest BCUT2D eigenvalue weighted by Gasteiger charge is -2.27. The van der Waals surface area contributed by atoms with Crippen molar-refractivity contribution in [3.63, 3.8) is 0 Å². The number of aliphatic hydroxyl groups is 2. The molecule has 0 radical (unpaired) electrons. The Morgan fingerprint density at radius 1 is 0.727 bits per heavy atom. The van der Waals surface area contributed by atoms with Crippen LogP contribution < -0.4 is 9.47 Å². The van der Waals surface area contributed by atoms with Crippen LogP contribution >= 0.6 is 0 Å². The Kier molecular flexibility index (Phi) is 7.17. The van der Waals surface area contributed by atoms with E-state index >= 15 is 0 Å². The summed E-state index contributed by atoms with van der Waals surface area (Å²) in [6.45, 7) is 8.23. The van der Waals surface area contributed by atoms with Crippen LogP contribution in [0.4, 0.5) is 0 Å². The summed E-state index contributed by atoms with van der Waals surface area (Å²) < 4.78 is 11.5. The molecule has 0 spiro atoms. The zero-order valence-electron chi connectivity index (χ0n) is 14.3. The third-order valence-electron chi connectivity index (χ3n) is 4.47. The first-order valence-corrected chi connectivity index (χ1v) is 8.21. The van der Waals surface area contributed by atoms with Crippen molar-refractivity contribution in [2.45, 2.75) is 64.6 Å². The smallest absolute Gasteiger partial charge is 0.161 e. The van der Waals surface area contributed by atoms with E-state index < -0.39 is 11.2 Å². The lowest BCUT2D eigenvalue weighted by Crippen LogP contribution is -2.35. The number of hydrogen-bond acceptors (Lipinski definition) is 4. The molecule has 1 rings (SSSR count). The summed E-state index contributed by atoms with van der Waals surface area (Å²) in [5, 5.41) is 20.6. The van der Waals surface area contributed by atoms with Gasteiger partial charge in [0.15, 0.2) is 11.5 Å². The van der Waals surface area contributed by atoms with Crippen molar-refractivity contribution in [1.29, 1.82) is 0 Å². The van der Waals surface area contributed by atoms with Gasteiger partial charge in [-0.1, -0.05) is 39.8 Å². The van der Waals surface area contributed by atoms with E-state index in [0.717, 1.165) is 0 Å². The van der Waals surface area contributed by atoms with Crippen molar-refractivity contribution in [3.8, 4) is 11.5 Å². The first-order chi connectivity index (χ1) is 10.4. The molecule has 0 saturated carbocycles. The van der Waals surface area contributed by atoms with E-state index in [1.165, 1.54) is 0 Å². The van der Waals surface area contributed by atoms with Crippen LogP contribution in [-0.2, 0) is 0 Å². The second-order valence-electron chi connectivity index (χ2n) is 5.89. The molecule has 0 amide bonds. The van der Waals surface area contributed by atoms with E-state index in [0.29, 0.717) is 37.2 Å². The first kappa shape index (κ1) is 18.8. The zero-order valence-corrected chi connectivity index (χ0v) is 14.3. The highest BCUT2D eigenvalue weighted by molar-refractivity contribution is 5.39. The van der Waals surface area contributed by atoms with Crippen molar-refractivity contribution < 1.29 is 19.7 Å². The fraction of sp³-hybridized carbons (Fsp3) is 0.667. The van der Waals surface area contributed by atoms with E-state index in [1.54, 1.807) is 0 Å². The molecule has 4 heteroatoms. The number of hydrogen-bond donors (Lipinski definition) is 2. The van der Waals surface area contributed by atoms with Gasteiger partial charge in [0.05, 0.1) is 11.2 Å². The Morgan fingerprint density at radius 2 is 1.05 bits per heavy atom. The second-order valence-corrected chi connectivity index (χ2v) is 5.89. The molecule has 0 heterocycles. The minimum absolute atomic E-state index is 0.228. The molecule has 1 aromatic carbocycles. The monoisotopic (exact) mass is 310 g/mol. The summed E-state index contributed by atoms with van der Waals surface area (Å²) in [6, 6.07) is 7.37. The number of rotatable bonds is 10. The quantitative estimate of drug-likeness (QED) is 0.694. The summed E-state index contributed by atoms with van der Waals surface area (Å²) in [5.74, 6) is 1.19. The highest BCUT2D eigenvalue weighted by Crippen LogP contribution is 2.29. The highest BCUT2D eigenvalue weighted by atomic mass is 16.5. The predicted molar refractivity (Wildman–Crippen MR) is 88.5 cm³/mol. The van der Waals surface area contributed by atoms with Crippen molar-refractivity contribution >= 4 is 0 Å². The van der Waals surface area contributed by atoms with Crippen LogP contribution in [0.15, 0.2) is 24.3 Å². The molecule has 0 saturated heterocycles. The van der Waals surface area contributed by atoms with Crippen LogP contribution in [0.5, 0.6) is 11.5 Å². The predicted octanol–water partition coefficient (Wildman–Crippen LogP) is 3.55. The summed E-state index contributed by atoms with van der Waals surface area (Å²) in [5.41, 5.74) is -1.64. The molecule has 4 nitrogen and oxygen atoms in total. The molecule has 126 valence electrons. The average Bonchev–Trinajstić information content (AvgIpc) is 2.58. The lowest BCUT2D eigenvalue weighted by atomic mass is 9.99. The van der Waals surface area contributed by atoms with E-state index in [-0.39, 0.29) is 13.2 Å². The van der Waals surface area contributed by atoms with E-state index in [2.05, 4.69) is 0 Å². The molecule has 22 heavy (non-hydrogen) atoms. The number of ether oxygens (including phenoxy) is 2. The Bertz CT molecular complexity index is 395. The molecule has 0 atom stereocenters. The minimum atomic E-state index is -0.819. The van der Waals surface area contributed by atoms with E-state index in [1.807, 2.05) is 52.0 Å². The lowest BCUT2D eigenvalue weighted by molar-refractivity contribution is -0.0194. The van der Waals surface area contributed by atoms with Gasteiger partial charge in [-0.25, -0.2) is 0 Å². The van der Waals surface area contributed by atoms with Crippen LogP contribution in [-0.4, -0.2) is 34.6 Å². The Balaban J connectivity index is 2.74. The van der Waals surface area contributed by atoms with Gasteiger partial charge in [0.25, 0.3) is 0 Å². The van der Waals surface area contributed by atoms with Crippen LogP contribution in [0, 0.1) is 0 Å². The third kappa shape index (κ3) is 5.18. The van der Waals surface area contributed by atoms with Crippen LogP contribution in [0.1, 0.15) is 53.4 Å². The molecule has 0 unspecified atom stereocenters. The SMILES string of the molecule is CCC(O)(CC)COc1ccccc1OCC(O)(CC)CC. The Hall–Kier alpha value is -1.26. The summed E-state index contributed by atoms with van der Waals surface area (Å²) in [4.78, 5) is 0. The fourth-order valence-corrected chi connectivity index (χ4v) is 2.02. The zero-order chi connectivity index (χ0) is 16.6. The van der Waals surface area contributed by atoms with Crippen molar-refractivity contribution in [2.75, 3.05) is 13.2 Å². The molecule has 0 aliphatic heterocycles. The maximum atomic E-state index is 10.3. The van der Waals surface area contributed by atoms with Gasteiger partial charge >= 0.3 is 0 Å². The van der Waals surface area contributed by atoms with Gasteiger partial charge < -0.3 is 19.7 Å². The van der Waals surface area contributed by atoms with Crippen LogP contribution in [0.2, 0.25) is 0 Å². The van der Waals surface area contributed by atoms with E-state index in [9.17, 15) is 10.2 Å². The number of para-hydroxylation sites is 2. The van der Waals surface area contributed by atoms with Gasteiger partial charge in [0, 0.05) is 0 Å². The highest BCUT2D eigenvalue weighted by Gasteiger charge is 2.25. The number of benzene rings is 1. The van der Waals surface area contributed by atoms with Gasteiger partial charge in [0.2, 0.25) is 0 Å². The van der Waals surface area contributed by atoms with Gasteiger partial charge in [-0.15, -0.1) is 0 Å². The molecule has 2 N–H and O–H groups in total. The molecular weight excluding hydrogens is 280 g/mol. The topological polar surface area (TPSA) is 58.9 Å². The average molecular weight is 310 g/mol. The van der Waals surface area contributed by atoms with Gasteiger partial charge in [-0.3, -0.25) is 0 Å². The summed E-state index contributed by atoms with van der Waals surface area (Å²) in [6.07, 6.45) is 2.55. The summed E-state index contributed by atoms with van der Waals surface area (Å²) >= 11 is 0. The maximum absolute atomic E-state index is 10.3. The third-order valence-corrected chi connectivity index (χ3v) is 4.47. The first-order valence-electron chi connectivity index (χ1n) is 8.21. The van der Waals surface area contributed by atoms with Crippen LogP contribution in [0.25, 0.3) is 0 Å². The fourth-order valence-electron chi connectivity index (χ4n) is 2.02. The molecule has 0 aliphatic rings. The van der Waals surface area contributed by atoms with E-state index in [4.69, 9.17) is 9.47 Å². The van der Waals surface area contributed by atoms with Crippen molar-refractivity contribution in [2.24, 2.45) is 0 Å². The standard InChI is InChI=1S/C18H30O4/c1-5-17(19,6-2)13-21-15-11-9-10-12-16(15)22-14-18(20,7-3)8-4/h9-12,19-20H,5-8,13-14H2,1-4H3. The van der Waals surface area contributed by atoms with Crippen molar-refractivity contribution in [3.05, 3.63) is 24.3 Å².